The number of halogens is 1. The summed E-state index contributed by atoms with van der Waals surface area (Å²) in [5.74, 6) is -0.404. The molecule has 0 bridgehead atoms. The lowest BCUT2D eigenvalue weighted by atomic mass is 10.2. The summed E-state index contributed by atoms with van der Waals surface area (Å²) in [5, 5.41) is 0.355. The standard InChI is InChI=1S/C9H5FNO/c10-6-1-2-8-7(5-6)9(12)3-4-11-8/h1-3,5H,(H,11,12). The molecule has 1 N–H and O–H groups in total. The zero-order valence-electron chi connectivity index (χ0n) is 6.10. The minimum atomic E-state index is -0.404. The Hall–Kier alpha value is -1.64. The number of rotatable bonds is 0. The van der Waals surface area contributed by atoms with Crippen molar-refractivity contribution in [2.45, 2.75) is 0 Å². The van der Waals surface area contributed by atoms with E-state index >= 15 is 0 Å². The Morgan fingerprint density at radius 1 is 1.42 bits per heavy atom. The van der Waals surface area contributed by atoms with Gasteiger partial charge < -0.3 is 4.98 Å². The number of pyridine rings is 1. The molecule has 0 spiro atoms. The minimum absolute atomic E-state index is 0.219. The molecule has 0 aliphatic rings. The second-order valence-electron chi connectivity index (χ2n) is 2.47. The smallest absolute Gasteiger partial charge is 0.190 e. The van der Waals surface area contributed by atoms with Gasteiger partial charge in [-0.2, -0.15) is 0 Å². The molecule has 12 heavy (non-hydrogen) atoms. The third-order valence-corrected chi connectivity index (χ3v) is 1.66. The van der Waals surface area contributed by atoms with Crippen LogP contribution in [0.1, 0.15) is 0 Å². The third kappa shape index (κ3) is 0.993. The summed E-state index contributed by atoms with van der Waals surface area (Å²) in [7, 11) is 0. The Labute approximate surface area is 67.7 Å². The lowest BCUT2D eigenvalue weighted by molar-refractivity contribution is 0.629. The topological polar surface area (TPSA) is 32.9 Å². The van der Waals surface area contributed by atoms with Crippen LogP contribution in [0.2, 0.25) is 0 Å². The summed E-state index contributed by atoms with van der Waals surface area (Å²) in [6.07, 6.45) is 2.56. The number of benzene rings is 1. The molecule has 1 aromatic carbocycles. The molecule has 0 aliphatic carbocycles. The van der Waals surface area contributed by atoms with Crippen molar-refractivity contribution >= 4 is 10.9 Å². The van der Waals surface area contributed by atoms with Crippen LogP contribution in [0.3, 0.4) is 0 Å². The largest absolute Gasteiger partial charge is 0.353 e. The zero-order valence-corrected chi connectivity index (χ0v) is 6.10. The summed E-state index contributed by atoms with van der Waals surface area (Å²) >= 11 is 0. The van der Waals surface area contributed by atoms with E-state index in [-0.39, 0.29) is 5.43 Å². The van der Waals surface area contributed by atoms with Gasteiger partial charge >= 0.3 is 0 Å². The van der Waals surface area contributed by atoms with Crippen LogP contribution in [0, 0.1) is 12.0 Å². The molecular formula is C9H5FNO. The van der Waals surface area contributed by atoms with Gasteiger partial charge in [0, 0.05) is 17.0 Å². The molecule has 3 heteroatoms. The van der Waals surface area contributed by atoms with Crippen molar-refractivity contribution in [2.75, 3.05) is 0 Å². The first kappa shape index (κ1) is 7.03. The van der Waals surface area contributed by atoms with Gasteiger partial charge in [-0.1, -0.05) is 0 Å². The van der Waals surface area contributed by atoms with Crippen LogP contribution >= 0.6 is 0 Å². The van der Waals surface area contributed by atoms with E-state index in [4.69, 9.17) is 0 Å². The maximum absolute atomic E-state index is 12.7. The molecule has 2 aromatic rings. The molecule has 0 saturated carbocycles. The summed E-state index contributed by atoms with van der Waals surface area (Å²) in [4.78, 5) is 13.8. The summed E-state index contributed by atoms with van der Waals surface area (Å²) in [6, 6.07) is 5.28. The minimum Gasteiger partial charge on any atom is -0.353 e. The van der Waals surface area contributed by atoms with Crippen LogP contribution in [0.25, 0.3) is 10.9 Å². The van der Waals surface area contributed by atoms with Crippen LogP contribution in [0.5, 0.6) is 0 Å². The van der Waals surface area contributed by atoms with E-state index in [1.807, 2.05) is 0 Å². The molecule has 2 rings (SSSR count). The van der Waals surface area contributed by atoms with E-state index < -0.39 is 5.82 Å². The van der Waals surface area contributed by atoms with E-state index in [2.05, 4.69) is 11.2 Å². The van der Waals surface area contributed by atoms with Crippen molar-refractivity contribution in [1.29, 1.82) is 0 Å². The molecule has 0 fully saturated rings. The lowest BCUT2D eigenvalue weighted by Gasteiger charge is -1.94. The SMILES string of the molecule is O=c1c[c][nH]c2ccc(F)cc12. The van der Waals surface area contributed by atoms with Crippen LogP contribution in [-0.4, -0.2) is 4.98 Å². The Kier molecular flexibility index (Phi) is 1.43. The summed E-state index contributed by atoms with van der Waals surface area (Å²) in [6.45, 7) is 0. The van der Waals surface area contributed by atoms with Gasteiger partial charge in [0.25, 0.3) is 0 Å². The number of aromatic amines is 1. The number of fused-ring (bicyclic) bond motifs is 1. The fourth-order valence-electron chi connectivity index (χ4n) is 1.09. The second kappa shape index (κ2) is 2.44. The van der Waals surface area contributed by atoms with Gasteiger partial charge in [0.05, 0.1) is 6.20 Å². The van der Waals surface area contributed by atoms with Crippen LogP contribution in [0.15, 0.2) is 29.1 Å². The molecular weight excluding hydrogens is 157 g/mol. The third-order valence-electron chi connectivity index (χ3n) is 1.66. The van der Waals surface area contributed by atoms with Gasteiger partial charge in [-0.15, -0.1) is 0 Å². The highest BCUT2D eigenvalue weighted by atomic mass is 19.1. The Morgan fingerprint density at radius 2 is 2.25 bits per heavy atom. The zero-order chi connectivity index (χ0) is 8.55. The van der Waals surface area contributed by atoms with Crippen molar-refractivity contribution in [1.82, 2.24) is 4.98 Å². The van der Waals surface area contributed by atoms with Crippen molar-refractivity contribution < 1.29 is 4.39 Å². The Morgan fingerprint density at radius 3 is 3.08 bits per heavy atom. The highest BCUT2D eigenvalue weighted by molar-refractivity contribution is 5.77. The Balaban J connectivity index is 2.98. The van der Waals surface area contributed by atoms with E-state index in [1.54, 1.807) is 0 Å². The highest BCUT2D eigenvalue weighted by Crippen LogP contribution is 2.07. The number of aromatic nitrogens is 1. The predicted octanol–water partition coefficient (Wildman–Crippen LogP) is 1.47. The van der Waals surface area contributed by atoms with Gasteiger partial charge in [-0.25, -0.2) is 4.39 Å². The quantitative estimate of drug-likeness (QED) is 0.625. The number of H-pyrrole nitrogens is 1. The average molecular weight is 162 g/mol. The molecule has 0 amide bonds. The lowest BCUT2D eigenvalue weighted by Crippen LogP contribution is -2.00. The molecule has 0 unspecified atom stereocenters. The average Bonchev–Trinajstić information content (AvgIpc) is 2.07. The van der Waals surface area contributed by atoms with Crippen LogP contribution in [0.4, 0.5) is 4.39 Å². The Bertz CT molecular complexity index is 475. The van der Waals surface area contributed by atoms with Crippen molar-refractivity contribution in [3.8, 4) is 0 Å². The first-order valence-corrected chi connectivity index (χ1v) is 3.46. The number of nitrogens with one attached hydrogen (secondary N) is 1. The van der Waals surface area contributed by atoms with Gasteiger partial charge in [0.15, 0.2) is 5.43 Å². The monoisotopic (exact) mass is 162 g/mol. The second-order valence-corrected chi connectivity index (χ2v) is 2.47. The van der Waals surface area contributed by atoms with Crippen molar-refractivity contribution in [3.05, 3.63) is 46.5 Å². The van der Waals surface area contributed by atoms with Gasteiger partial charge in [0.2, 0.25) is 0 Å². The number of hydrogen-bond donors (Lipinski definition) is 1. The van der Waals surface area contributed by atoms with E-state index in [0.717, 1.165) is 0 Å². The van der Waals surface area contributed by atoms with Gasteiger partial charge in [0.1, 0.15) is 5.82 Å². The first-order chi connectivity index (χ1) is 5.77. The van der Waals surface area contributed by atoms with Gasteiger partial charge in [-0.3, -0.25) is 4.79 Å². The van der Waals surface area contributed by atoms with E-state index in [9.17, 15) is 9.18 Å². The van der Waals surface area contributed by atoms with Gasteiger partial charge in [-0.05, 0) is 18.2 Å². The summed E-state index contributed by atoms with van der Waals surface area (Å²) < 4.78 is 12.7. The number of hydrogen-bond acceptors (Lipinski definition) is 1. The van der Waals surface area contributed by atoms with Crippen molar-refractivity contribution in [2.24, 2.45) is 0 Å². The molecule has 1 aromatic heterocycles. The maximum Gasteiger partial charge on any atom is 0.190 e. The molecule has 2 nitrogen and oxygen atoms in total. The summed E-state index contributed by atoms with van der Waals surface area (Å²) in [5.41, 5.74) is 0.382. The molecule has 0 atom stereocenters. The molecule has 59 valence electrons. The fraction of sp³-hybridized carbons (Fsp3) is 0. The molecule has 0 saturated heterocycles. The fourth-order valence-corrected chi connectivity index (χ4v) is 1.09. The van der Waals surface area contributed by atoms with Crippen LogP contribution < -0.4 is 5.43 Å². The molecule has 1 radical (unpaired) electrons. The highest BCUT2D eigenvalue weighted by Gasteiger charge is 1.98. The maximum atomic E-state index is 12.7. The molecule has 1 heterocycles. The molecule has 0 aliphatic heterocycles. The van der Waals surface area contributed by atoms with Crippen molar-refractivity contribution in [3.63, 3.8) is 0 Å². The first-order valence-electron chi connectivity index (χ1n) is 3.46. The van der Waals surface area contributed by atoms with Crippen LogP contribution in [-0.2, 0) is 0 Å². The predicted molar refractivity (Wildman–Crippen MR) is 43.4 cm³/mol. The van der Waals surface area contributed by atoms with E-state index in [0.29, 0.717) is 10.9 Å². The van der Waals surface area contributed by atoms with E-state index in [1.165, 1.54) is 24.3 Å². The normalized spacial score (nSPS) is 10.4.